The Morgan fingerprint density at radius 1 is 1.15 bits per heavy atom. The van der Waals surface area contributed by atoms with Crippen molar-refractivity contribution in [3.05, 3.63) is 64.7 Å². The summed E-state index contributed by atoms with van der Waals surface area (Å²) in [5.41, 5.74) is 1.44. The van der Waals surface area contributed by atoms with Crippen LogP contribution < -0.4 is 5.32 Å². The highest BCUT2D eigenvalue weighted by Gasteiger charge is 2.11. The summed E-state index contributed by atoms with van der Waals surface area (Å²) < 4.78 is 27.0. The third kappa shape index (κ3) is 3.22. The van der Waals surface area contributed by atoms with E-state index in [0.29, 0.717) is 10.9 Å². The first kappa shape index (κ1) is 14.7. The molecule has 0 aliphatic rings. The maximum absolute atomic E-state index is 13.6. The van der Waals surface area contributed by atoms with E-state index in [1.54, 1.807) is 24.3 Å². The van der Waals surface area contributed by atoms with Crippen molar-refractivity contribution in [3.8, 4) is 0 Å². The summed E-state index contributed by atoms with van der Waals surface area (Å²) in [6.07, 6.45) is 0. The van der Waals surface area contributed by atoms with Gasteiger partial charge in [-0.05, 0) is 36.2 Å². The van der Waals surface area contributed by atoms with E-state index >= 15 is 0 Å². The predicted molar refractivity (Wildman–Crippen MR) is 78.1 cm³/mol. The number of halogens is 3. The first-order valence-electron chi connectivity index (χ1n) is 5.93. The second-order valence-electron chi connectivity index (χ2n) is 4.37. The highest BCUT2D eigenvalue weighted by molar-refractivity contribution is 9.08. The number of nitrogens with one attached hydrogen (secondary N) is 1. The highest BCUT2D eigenvalue weighted by Crippen LogP contribution is 2.19. The molecule has 0 saturated heterocycles. The molecule has 2 aromatic carbocycles. The number of carbonyl (C=O) groups excluding carboxylic acids is 1. The van der Waals surface area contributed by atoms with E-state index in [4.69, 9.17) is 0 Å². The summed E-state index contributed by atoms with van der Waals surface area (Å²) >= 11 is 3.31. The van der Waals surface area contributed by atoms with E-state index in [1.807, 2.05) is 0 Å². The van der Waals surface area contributed by atoms with Gasteiger partial charge in [0, 0.05) is 17.0 Å². The Morgan fingerprint density at radius 3 is 2.40 bits per heavy atom. The number of hydrogen-bond acceptors (Lipinski definition) is 1. The van der Waals surface area contributed by atoms with Crippen molar-refractivity contribution in [1.82, 2.24) is 0 Å². The third-order valence-corrected chi connectivity index (χ3v) is 3.51. The van der Waals surface area contributed by atoms with Gasteiger partial charge < -0.3 is 5.32 Å². The molecule has 0 bridgehead atoms. The monoisotopic (exact) mass is 339 g/mol. The fourth-order valence-electron chi connectivity index (χ4n) is 1.68. The minimum Gasteiger partial charge on any atom is -0.319 e. The Bertz CT molecular complexity index is 641. The number of anilines is 1. The normalized spacial score (nSPS) is 10.4. The minimum atomic E-state index is -0.658. The Morgan fingerprint density at radius 2 is 1.80 bits per heavy atom. The molecule has 2 aromatic rings. The lowest BCUT2D eigenvalue weighted by Crippen LogP contribution is -2.13. The summed E-state index contributed by atoms with van der Waals surface area (Å²) in [5.74, 6) is -1.70. The zero-order valence-electron chi connectivity index (χ0n) is 10.7. The fraction of sp³-hybridized carbons (Fsp3) is 0.133. The fourth-order valence-corrected chi connectivity index (χ4v) is 2.06. The van der Waals surface area contributed by atoms with Crippen LogP contribution in [0.25, 0.3) is 0 Å². The number of amides is 1. The molecule has 0 atom stereocenters. The van der Waals surface area contributed by atoms with Crippen LogP contribution in [0, 0.1) is 18.6 Å². The van der Waals surface area contributed by atoms with Gasteiger partial charge in [-0.15, -0.1) is 0 Å². The number of alkyl halides is 1. The van der Waals surface area contributed by atoms with Crippen molar-refractivity contribution >= 4 is 27.5 Å². The molecule has 0 radical (unpaired) electrons. The Labute approximate surface area is 123 Å². The minimum absolute atomic E-state index is 0.164. The van der Waals surface area contributed by atoms with Crippen molar-refractivity contribution in [2.75, 3.05) is 5.32 Å². The van der Waals surface area contributed by atoms with Gasteiger partial charge in [0.1, 0.15) is 11.6 Å². The zero-order valence-corrected chi connectivity index (χ0v) is 12.3. The molecule has 0 heterocycles. The molecule has 0 aliphatic carbocycles. The number of benzene rings is 2. The van der Waals surface area contributed by atoms with Gasteiger partial charge in [-0.3, -0.25) is 4.79 Å². The van der Waals surface area contributed by atoms with Gasteiger partial charge in [0.05, 0.1) is 5.69 Å². The van der Waals surface area contributed by atoms with Crippen LogP contribution >= 0.6 is 15.9 Å². The molecular weight excluding hydrogens is 328 g/mol. The lowest BCUT2D eigenvalue weighted by atomic mass is 10.1. The van der Waals surface area contributed by atoms with Crippen molar-refractivity contribution in [2.45, 2.75) is 12.3 Å². The quantitative estimate of drug-likeness (QED) is 0.824. The van der Waals surface area contributed by atoms with E-state index in [2.05, 4.69) is 21.2 Å². The molecule has 1 N–H and O–H groups in total. The van der Waals surface area contributed by atoms with Gasteiger partial charge in [-0.25, -0.2) is 8.78 Å². The SMILES string of the molecule is Cc1cc(F)c(NC(=O)c2ccc(CBr)cc2)cc1F. The summed E-state index contributed by atoms with van der Waals surface area (Å²) in [5, 5.41) is 3.05. The lowest BCUT2D eigenvalue weighted by molar-refractivity contribution is 0.102. The number of rotatable bonds is 3. The molecule has 0 aliphatic heterocycles. The Balaban J connectivity index is 2.20. The van der Waals surface area contributed by atoms with E-state index in [1.165, 1.54) is 6.92 Å². The molecule has 0 unspecified atom stereocenters. The van der Waals surface area contributed by atoms with Crippen molar-refractivity contribution in [2.24, 2.45) is 0 Å². The molecule has 2 rings (SSSR count). The van der Waals surface area contributed by atoms with Crippen LogP contribution in [0.5, 0.6) is 0 Å². The van der Waals surface area contributed by atoms with Crippen LogP contribution in [0.3, 0.4) is 0 Å². The van der Waals surface area contributed by atoms with Gasteiger partial charge in [-0.1, -0.05) is 28.1 Å². The number of carbonyl (C=O) groups is 1. The summed E-state index contributed by atoms with van der Waals surface area (Å²) in [7, 11) is 0. The Hall–Kier alpha value is -1.75. The van der Waals surface area contributed by atoms with Gasteiger partial charge in [0.15, 0.2) is 0 Å². The van der Waals surface area contributed by atoms with Crippen LogP contribution in [0.2, 0.25) is 0 Å². The average Bonchev–Trinajstić information content (AvgIpc) is 2.44. The average molecular weight is 340 g/mol. The third-order valence-electron chi connectivity index (χ3n) is 2.87. The van der Waals surface area contributed by atoms with E-state index in [9.17, 15) is 13.6 Å². The first-order valence-corrected chi connectivity index (χ1v) is 7.05. The standard InChI is InChI=1S/C15H12BrF2NO/c1-9-6-13(18)14(7-12(9)17)19-15(20)11-4-2-10(8-16)3-5-11/h2-7H,8H2,1H3,(H,19,20). The molecule has 0 spiro atoms. The molecule has 5 heteroatoms. The van der Waals surface area contributed by atoms with Crippen molar-refractivity contribution in [3.63, 3.8) is 0 Å². The lowest BCUT2D eigenvalue weighted by Gasteiger charge is -2.08. The van der Waals surface area contributed by atoms with E-state index < -0.39 is 17.5 Å². The maximum Gasteiger partial charge on any atom is 0.255 e. The number of aryl methyl sites for hydroxylation is 1. The highest BCUT2D eigenvalue weighted by atomic mass is 79.9. The summed E-state index contributed by atoms with van der Waals surface area (Å²) in [4.78, 5) is 12.0. The molecule has 1 amide bonds. The molecular formula is C15H12BrF2NO. The first-order chi connectivity index (χ1) is 9.51. The molecule has 20 heavy (non-hydrogen) atoms. The largest absolute Gasteiger partial charge is 0.319 e. The maximum atomic E-state index is 13.6. The summed E-state index contributed by atoms with van der Waals surface area (Å²) in [6, 6.07) is 8.88. The van der Waals surface area contributed by atoms with Crippen molar-refractivity contribution < 1.29 is 13.6 Å². The van der Waals surface area contributed by atoms with Crippen LogP contribution in [-0.4, -0.2) is 5.91 Å². The van der Waals surface area contributed by atoms with Crippen molar-refractivity contribution in [1.29, 1.82) is 0 Å². The molecule has 0 fully saturated rings. The summed E-state index contributed by atoms with van der Waals surface area (Å²) in [6.45, 7) is 1.46. The van der Waals surface area contributed by atoms with Gasteiger partial charge in [-0.2, -0.15) is 0 Å². The van der Waals surface area contributed by atoms with Gasteiger partial charge in [0.2, 0.25) is 0 Å². The Kier molecular flexibility index (Phi) is 4.49. The molecule has 104 valence electrons. The van der Waals surface area contributed by atoms with Crippen LogP contribution in [-0.2, 0) is 5.33 Å². The molecule has 0 aromatic heterocycles. The van der Waals surface area contributed by atoms with Crippen LogP contribution in [0.4, 0.5) is 14.5 Å². The van der Waals surface area contributed by atoms with E-state index in [-0.39, 0.29) is 11.3 Å². The zero-order chi connectivity index (χ0) is 14.7. The van der Waals surface area contributed by atoms with Gasteiger partial charge in [0.25, 0.3) is 5.91 Å². The van der Waals surface area contributed by atoms with Crippen LogP contribution in [0.15, 0.2) is 36.4 Å². The number of hydrogen-bond donors (Lipinski definition) is 1. The van der Waals surface area contributed by atoms with Gasteiger partial charge >= 0.3 is 0 Å². The second kappa shape index (κ2) is 6.13. The predicted octanol–water partition coefficient (Wildman–Crippen LogP) is 4.42. The van der Waals surface area contributed by atoms with Crippen LogP contribution in [0.1, 0.15) is 21.5 Å². The molecule has 2 nitrogen and oxygen atoms in total. The topological polar surface area (TPSA) is 29.1 Å². The smallest absolute Gasteiger partial charge is 0.255 e. The van der Waals surface area contributed by atoms with E-state index in [0.717, 1.165) is 17.7 Å². The second-order valence-corrected chi connectivity index (χ2v) is 4.93. The molecule has 0 saturated carbocycles.